The molecule has 1 atom stereocenters. The fourth-order valence-electron chi connectivity index (χ4n) is 4.04. The number of ether oxygens (including phenoxy) is 1. The summed E-state index contributed by atoms with van der Waals surface area (Å²) in [6.45, 7) is 4.87. The summed E-state index contributed by atoms with van der Waals surface area (Å²) in [7, 11) is 0. The van der Waals surface area contributed by atoms with Crippen LogP contribution >= 0.6 is 0 Å². The first-order valence-corrected chi connectivity index (χ1v) is 8.60. The third-order valence-corrected chi connectivity index (χ3v) is 5.31. The molecule has 0 aromatic carbocycles. The summed E-state index contributed by atoms with van der Waals surface area (Å²) < 4.78 is 33.8. The van der Waals surface area contributed by atoms with Gasteiger partial charge >= 0.3 is 0 Å². The van der Waals surface area contributed by atoms with E-state index in [1.165, 1.54) is 4.90 Å². The minimum atomic E-state index is -3.02. The lowest BCUT2D eigenvalue weighted by atomic mass is 9.77. The van der Waals surface area contributed by atoms with Crippen molar-refractivity contribution in [3.63, 3.8) is 0 Å². The molecule has 0 aromatic rings. The SMILES string of the molecule is CCN1CC[C@@]2(CN(C(=O)CN3CCOCC3)CC(F)(F)C2)C1=O. The van der Waals surface area contributed by atoms with Crippen molar-refractivity contribution < 1.29 is 23.1 Å². The zero-order valence-corrected chi connectivity index (χ0v) is 14.1. The van der Waals surface area contributed by atoms with Crippen LogP contribution < -0.4 is 0 Å². The van der Waals surface area contributed by atoms with Crippen molar-refractivity contribution in [2.45, 2.75) is 25.7 Å². The van der Waals surface area contributed by atoms with Gasteiger partial charge in [0.2, 0.25) is 11.8 Å². The van der Waals surface area contributed by atoms with Gasteiger partial charge in [0.15, 0.2) is 0 Å². The van der Waals surface area contributed by atoms with Crippen molar-refractivity contribution in [3.05, 3.63) is 0 Å². The van der Waals surface area contributed by atoms with Crippen LogP contribution in [0.1, 0.15) is 19.8 Å². The first-order chi connectivity index (χ1) is 11.4. The first kappa shape index (κ1) is 17.5. The molecule has 0 radical (unpaired) electrons. The van der Waals surface area contributed by atoms with Gasteiger partial charge in [0, 0.05) is 39.1 Å². The quantitative estimate of drug-likeness (QED) is 0.744. The highest BCUT2D eigenvalue weighted by Crippen LogP contribution is 2.45. The normalized spacial score (nSPS) is 31.0. The molecule has 0 N–H and O–H groups in total. The summed E-state index contributed by atoms with van der Waals surface area (Å²) in [6.07, 6.45) is -0.0483. The zero-order valence-electron chi connectivity index (χ0n) is 14.1. The van der Waals surface area contributed by atoms with Crippen LogP contribution in [0.15, 0.2) is 0 Å². The van der Waals surface area contributed by atoms with Gasteiger partial charge in [-0.05, 0) is 13.3 Å². The van der Waals surface area contributed by atoms with Gasteiger partial charge in [0.1, 0.15) is 0 Å². The minimum absolute atomic E-state index is 0.112. The van der Waals surface area contributed by atoms with E-state index < -0.39 is 24.3 Å². The number of hydrogen-bond donors (Lipinski definition) is 0. The van der Waals surface area contributed by atoms with E-state index in [9.17, 15) is 18.4 Å². The Morgan fingerprint density at radius 1 is 1.21 bits per heavy atom. The molecule has 136 valence electrons. The number of alkyl halides is 2. The van der Waals surface area contributed by atoms with Crippen LogP contribution in [-0.2, 0) is 14.3 Å². The Morgan fingerprint density at radius 2 is 1.92 bits per heavy atom. The van der Waals surface area contributed by atoms with E-state index >= 15 is 0 Å². The first-order valence-electron chi connectivity index (χ1n) is 8.60. The van der Waals surface area contributed by atoms with Gasteiger partial charge < -0.3 is 14.5 Å². The summed E-state index contributed by atoms with van der Waals surface area (Å²) >= 11 is 0. The monoisotopic (exact) mass is 345 g/mol. The number of halogens is 2. The molecule has 3 rings (SSSR count). The lowest BCUT2D eigenvalue weighted by Gasteiger charge is -2.43. The average Bonchev–Trinajstić information content (AvgIpc) is 2.82. The van der Waals surface area contributed by atoms with Crippen molar-refractivity contribution in [1.29, 1.82) is 0 Å². The number of amides is 2. The summed E-state index contributed by atoms with van der Waals surface area (Å²) in [4.78, 5) is 29.9. The molecule has 24 heavy (non-hydrogen) atoms. The van der Waals surface area contributed by atoms with E-state index in [1.807, 2.05) is 11.8 Å². The molecule has 0 unspecified atom stereocenters. The summed E-state index contributed by atoms with van der Waals surface area (Å²) in [6, 6.07) is 0. The second-order valence-electron chi connectivity index (χ2n) is 7.09. The van der Waals surface area contributed by atoms with E-state index in [2.05, 4.69) is 0 Å². The summed E-state index contributed by atoms with van der Waals surface area (Å²) in [5, 5.41) is 0. The highest BCUT2D eigenvalue weighted by molar-refractivity contribution is 5.87. The number of likely N-dealkylation sites (tertiary alicyclic amines) is 2. The molecule has 3 saturated heterocycles. The smallest absolute Gasteiger partial charge is 0.266 e. The van der Waals surface area contributed by atoms with E-state index in [0.717, 1.165) is 0 Å². The second kappa shape index (κ2) is 6.55. The number of morpholine rings is 1. The Hall–Kier alpha value is -1.28. The highest BCUT2D eigenvalue weighted by Gasteiger charge is 2.57. The van der Waals surface area contributed by atoms with E-state index in [0.29, 0.717) is 45.8 Å². The van der Waals surface area contributed by atoms with Crippen LogP contribution in [0.5, 0.6) is 0 Å². The second-order valence-corrected chi connectivity index (χ2v) is 7.09. The third kappa shape index (κ3) is 3.39. The number of nitrogens with zero attached hydrogens (tertiary/aromatic N) is 3. The number of hydrogen-bond acceptors (Lipinski definition) is 4. The van der Waals surface area contributed by atoms with Gasteiger partial charge in [-0.1, -0.05) is 0 Å². The molecule has 2 amide bonds. The molecule has 0 aliphatic carbocycles. The predicted molar refractivity (Wildman–Crippen MR) is 82.7 cm³/mol. The molecular weight excluding hydrogens is 320 g/mol. The van der Waals surface area contributed by atoms with Crippen molar-refractivity contribution in [2.24, 2.45) is 5.41 Å². The van der Waals surface area contributed by atoms with Crippen molar-refractivity contribution in [1.82, 2.24) is 14.7 Å². The van der Waals surface area contributed by atoms with Gasteiger partial charge in [-0.3, -0.25) is 14.5 Å². The molecule has 3 aliphatic rings. The summed E-state index contributed by atoms with van der Waals surface area (Å²) in [5.41, 5.74) is -1.11. The Labute approximate surface area is 140 Å². The fourth-order valence-corrected chi connectivity index (χ4v) is 4.04. The number of carbonyl (C=O) groups excluding carboxylic acids is 2. The topological polar surface area (TPSA) is 53.1 Å². The Balaban J connectivity index is 1.71. The Morgan fingerprint density at radius 3 is 2.54 bits per heavy atom. The molecule has 3 aliphatic heterocycles. The molecule has 1 spiro atoms. The summed E-state index contributed by atoms with van der Waals surface area (Å²) in [5.74, 6) is -3.56. The standard InChI is InChI=1S/C16H25F2N3O3/c1-2-20-4-3-15(14(20)23)10-16(17,18)12-21(11-15)13(22)9-19-5-7-24-8-6-19/h2-12H2,1H3/t15-/m1/s1. The van der Waals surface area contributed by atoms with Crippen molar-refractivity contribution in [2.75, 3.05) is 59.0 Å². The third-order valence-electron chi connectivity index (χ3n) is 5.31. The van der Waals surface area contributed by atoms with Gasteiger partial charge in [-0.25, -0.2) is 8.78 Å². The van der Waals surface area contributed by atoms with Crippen LogP contribution in [0.25, 0.3) is 0 Å². The maximum atomic E-state index is 14.3. The molecule has 8 heteroatoms. The van der Waals surface area contributed by atoms with Crippen LogP contribution in [0, 0.1) is 5.41 Å². The van der Waals surface area contributed by atoms with E-state index in [4.69, 9.17) is 4.74 Å². The van der Waals surface area contributed by atoms with Crippen molar-refractivity contribution in [3.8, 4) is 0 Å². The van der Waals surface area contributed by atoms with E-state index in [1.54, 1.807) is 4.90 Å². The molecule has 0 saturated carbocycles. The van der Waals surface area contributed by atoms with Gasteiger partial charge in [-0.2, -0.15) is 0 Å². The number of carbonyl (C=O) groups is 2. The Kier molecular flexibility index (Phi) is 4.79. The molecular formula is C16H25F2N3O3. The maximum absolute atomic E-state index is 14.3. The lowest BCUT2D eigenvalue weighted by molar-refractivity contribution is -0.164. The van der Waals surface area contributed by atoms with Gasteiger partial charge in [0.25, 0.3) is 5.92 Å². The molecule has 0 bridgehead atoms. The Bertz CT molecular complexity index is 511. The molecule has 3 fully saturated rings. The van der Waals surface area contributed by atoms with Gasteiger partial charge in [0.05, 0.1) is 31.7 Å². The van der Waals surface area contributed by atoms with Crippen LogP contribution in [0.4, 0.5) is 8.78 Å². The largest absolute Gasteiger partial charge is 0.379 e. The fraction of sp³-hybridized carbons (Fsp3) is 0.875. The zero-order chi connectivity index (χ0) is 17.4. The van der Waals surface area contributed by atoms with Crippen LogP contribution in [0.3, 0.4) is 0 Å². The maximum Gasteiger partial charge on any atom is 0.266 e. The van der Waals surface area contributed by atoms with Crippen LogP contribution in [-0.4, -0.2) is 91.5 Å². The van der Waals surface area contributed by atoms with Crippen molar-refractivity contribution >= 4 is 11.8 Å². The lowest BCUT2D eigenvalue weighted by Crippen LogP contribution is -2.58. The van der Waals surface area contributed by atoms with Crippen LogP contribution in [0.2, 0.25) is 0 Å². The number of piperidine rings is 1. The predicted octanol–water partition coefficient (Wildman–Crippen LogP) is 0.425. The molecule has 0 aromatic heterocycles. The van der Waals surface area contributed by atoms with E-state index in [-0.39, 0.29) is 24.9 Å². The number of rotatable bonds is 3. The minimum Gasteiger partial charge on any atom is -0.379 e. The molecule has 6 nitrogen and oxygen atoms in total. The van der Waals surface area contributed by atoms with Gasteiger partial charge in [-0.15, -0.1) is 0 Å². The highest BCUT2D eigenvalue weighted by atomic mass is 19.3. The average molecular weight is 345 g/mol. The molecule has 3 heterocycles.